The van der Waals surface area contributed by atoms with E-state index in [1.165, 1.54) is 16.2 Å². The lowest BCUT2D eigenvalue weighted by Crippen LogP contribution is -2.27. The number of hydrogen-bond donors (Lipinski definition) is 1. The predicted molar refractivity (Wildman–Crippen MR) is 54.3 cm³/mol. The quantitative estimate of drug-likeness (QED) is 0.750. The number of rotatable bonds is 1. The second kappa shape index (κ2) is 3.74. The van der Waals surface area contributed by atoms with Crippen LogP contribution in [0.15, 0.2) is 0 Å². The van der Waals surface area contributed by atoms with Crippen LogP contribution in [0.2, 0.25) is 0 Å². The van der Waals surface area contributed by atoms with Crippen LogP contribution < -0.4 is 5.32 Å². The van der Waals surface area contributed by atoms with E-state index in [1.54, 1.807) is 14.1 Å². The van der Waals surface area contributed by atoms with E-state index in [0.29, 0.717) is 0 Å². The average molecular weight is 199 g/mol. The molecule has 4 nitrogen and oxygen atoms in total. The van der Waals surface area contributed by atoms with Gasteiger partial charge in [-0.2, -0.15) is 0 Å². The fraction of sp³-hybridized carbons (Fsp3) is 0.500. The van der Waals surface area contributed by atoms with Crippen molar-refractivity contribution in [3.63, 3.8) is 0 Å². The smallest absolute Gasteiger partial charge is 0.321 e. The lowest BCUT2D eigenvalue weighted by atomic mass is 10.5. The molecule has 0 radical (unpaired) electrons. The molecule has 1 rings (SSSR count). The Morgan fingerprint density at radius 3 is 2.46 bits per heavy atom. The number of hydrogen-bond acceptors (Lipinski definition) is 3. The SMILES string of the molecule is Cc1nc(C)c(NC(=O)N(C)C)s1. The largest absolute Gasteiger partial charge is 0.331 e. The van der Waals surface area contributed by atoms with Gasteiger partial charge in [-0.25, -0.2) is 9.78 Å². The molecule has 0 saturated carbocycles. The Balaban J connectivity index is 2.74. The number of amides is 2. The van der Waals surface area contributed by atoms with Crippen LogP contribution >= 0.6 is 11.3 Å². The molecular formula is C8H13N3OS. The average Bonchev–Trinajstić information content (AvgIpc) is 2.30. The zero-order chi connectivity index (χ0) is 10.0. The molecule has 13 heavy (non-hydrogen) atoms. The van der Waals surface area contributed by atoms with Crippen molar-refractivity contribution < 1.29 is 4.79 Å². The van der Waals surface area contributed by atoms with Crippen LogP contribution in [0.5, 0.6) is 0 Å². The Morgan fingerprint density at radius 1 is 1.46 bits per heavy atom. The maximum Gasteiger partial charge on any atom is 0.321 e. The third kappa shape index (κ3) is 2.42. The molecule has 2 amide bonds. The van der Waals surface area contributed by atoms with Crippen LogP contribution in [0.25, 0.3) is 0 Å². The first-order valence-electron chi connectivity index (χ1n) is 3.93. The highest BCUT2D eigenvalue weighted by Gasteiger charge is 2.09. The minimum atomic E-state index is -0.119. The first kappa shape index (κ1) is 9.98. The van der Waals surface area contributed by atoms with E-state index in [9.17, 15) is 4.79 Å². The summed E-state index contributed by atoms with van der Waals surface area (Å²) in [5, 5.41) is 4.57. The van der Waals surface area contributed by atoms with Gasteiger partial charge >= 0.3 is 6.03 Å². The summed E-state index contributed by atoms with van der Waals surface area (Å²) in [5.74, 6) is 0. The van der Waals surface area contributed by atoms with Crippen LogP contribution in [0, 0.1) is 13.8 Å². The van der Waals surface area contributed by atoms with E-state index in [0.717, 1.165) is 15.7 Å². The minimum absolute atomic E-state index is 0.119. The summed E-state index contributed by atoms with van der Waals surface area (Å²) in [6.07, 6.45) is 0. The fourth-order valence-electron chi connectivity index (χ4n) is 0.856. The van der Waals surface area contributed by atoms with Crippen LogP contribution in [0.1, 0.15) is 10.7 Å². The molecule has 1 aromatic heterocycles. The van der Waals surface area contributed by atoms with Gasteiger partial charge in [0.15, 0.2) is 0 Å². The second-order valence-corrected chi connectivity index (χ2v) is 4.18. The summed E-state index contributed by atoms with van der Waals surface area (Å²) in [7, 11) is 3.41. The van der Waals surface area contributed by atoms with Crippen molar-refractivity contribution in [1.29, 1.82) is 0 Å². The zero-order valence-electron chi connectivity index (χ0n) is 8.21. The summed E-state index contributed by atoms with van der Waals surface area (Å²) in [4.78, 5) is 17.0. The zero-order valence-corrected chi connectivity index (χ0v) is 9.03. The summed E-state index contributed by atoms with van der Waals surface area (Å²) in [5.41, 5.74) is 0.873. The van der Waals surface area contributed by atoms with E-state index in [1.807, 2.05) is 13.8 Å². The number of carbonyl (C=O) groups is 1. The van der Waals surface area contributed by atoms with E-state index in [2.05, 4.69) is 10.3 Å². The lowest BCUT2D eigenvalue weighted by Gasteiger charge is -2.10. The number of nitrogens with zero attached hydrogens (tertiary/aromatic N) is 2. The molecular weight excluding hydrogens is 186 g/mol. The number of aromatic nitrogens is 1. The monoisotopic (exact) mass is 199 g/mol. The highest BCUT2D eigenvalue weighted by atomic mass is 32.1. The van der Waals surface area contributed by atoms with Crippen molar-refractivity contribution in [2.75, 3.05) is 19.4 Å². The van der Waals surface area contributed by atoms with E-state index in [-0.39, 0.29) is 6.03 Å². The molecule has 0 atom stereocenters. The molecule has 1 heterocycles. The van der Waals surface area contributed by atoms with Gasteiger partial charge in [0.1, 0.15) is 5.00 Å². The Bertz CT molecular complexity index is 319. The normalized spacial score (nSPS) is 9.85. The first-order chi connectivity index (χ1) is 6.00. The fourth-order valence-corrected chi connectivity index (χ4v) is 1.67. The summed E-state index contributed by atoms with van der Waals surface area (Å²) in [6, 6.07) is -0.119. The highest BCUT2D eigenvalue weighted by Crippen LogP contribution is 2.22. The van der Waals surface area contributed by atoms with Gasteiger partial charge in [-0.05, 0) is 13.8 Å². The van der Waals surface area contributed by atoms with Gasteiger partial charge in [0.2, 0.25) is 0 Å². The maximum absolute atomic E-state index is 11.3. The third-order valence-electron chi connectivity index (χ3n) is 1.53. The van der Waals surface area contributed by atoms with Gasteiger partial charge in [-0.3, -0.25) is 5.32 Å². The molecule has 1 aromatic rings. The molecule has 0 aliphatic rings. The van der Waals surface area contributed by atoms with Crippen LogP contribution in [-0.4, -0.2) is 30.0 Å². The summed E-state index contributed by atoms with van der Waals surface area (Å²) >= 11 is 1.49. The molecule has 5 heteroatoms. The first-order valence-corrected chi connectivity index (χ1v) is 4.74. The Hall–Kier alpha value is -1.10. The molecule has 0 aliphatic carbocycles. The number of urea groups is 1. The van der Waals surface area contributed by atoms with E-state index < -0.39 is 0 Å². The van der Waals surface area contributed by atoms with Crippen molar-refractivity contribution in [1.82, 2.24) is 9.88 Å². The number of aryl methyl sites for hydroxylation is 2. The molecule has 0 bridgehead atoms. The molecule has 1 N–H and O–H groups in total. The van der Waals surface area contributed by atoms with Gasteiger partial charge in [-0.1, -0.05) is 0 Å². The molecule has 0 unspecified atom stereocenters. The standard InChI is InChI=1S/C8H13N3OS/c1-5-7(13-6(2)9-5)10-8(12)11(3)4/h1-4H3,(H,10,12). The van der Waals surface area contributed by atoms with Gasteiger partial charge in [0, 0.05) is 14.1 Å². The molecule has 0 spiro atoms. The van der Waals surface area contributed by atoms with Crippen LogP contribution in [0.4, 0.5) is 9.80 Å². The van der Waals surface area contributed by atoms with Gasteiger partial charge < -0.3 is 4.90 Å². The summed E-state index contributed by atoms with van der Waals surface area (Å²) in [6.45, 7) is 3.80. The van der Waals surface area contributed by atoms with Gasteiger partial charge in [0.25, 0.3) is 0 Å². The molecule has 0 fully saturated rings. The predicted octanol–water partition coefficient (Wildman–Crippen LogP) is 1.85. The van der Waals surface area contributed by atoms with Crippen molar-refractivity contribution in [2.24, 2.45) is 0 Å². The van der Waals surface area contributed by atoms with E-state index >= 15 is 0 Å². The van der Waals surface area contributed by atoms with Crippen molar-refractivity contribution in [2.45, 2.75) is 13.8 Å². The molecule has 0 aliphatic heterocycles. The van der Waals surface area contributed by atoms with Crippen LogP contribution in [0.3, 0.4) is 0 Å². The third-order valence-corrected chi connectivity index (χ3v) is 2.52. The number of thiazole rings is 1. The Labute approximate surface area is 81.6 Å². The summed E-state index contributed by atoms with van der Waals surface area (Å²) < 4.78 is 0. The number of nitrogens with one attached hydrogen (secondary N) is 1. The number of anilines is 1. The Morgan fingerprint density at radius 2 is 2.08 bits per heavy atom. The second-order valence-electron chi connectivity index (χ2n) is 2.97. The minimum Gasteiger partial charge on any atom is -0.331 e. The molecule has 72 valence electrons. The maximum atomic E-state index is 11.3. The Kier molecular flexibility index (Phi) is 2.87. The topological polar surface area (TPSA) is 45.2 Å². The lowest BCUT2D eigenvalue weighted by molar-refractivity contribution is 0.231. The van der Waals surface area contributed by atoms with Crippen molar-refractivity contribution >= 4 is 22.4 Å². The van der Waals surface area contributed by atoms with Crippen molar-refractivity contribution in [3.8, 4) is 0 Å². The van der Waals surface area contributed by atoms with Crippen LogP contribution in [-0.2, 0) is 0 Å². The molecule has 0 aromatic carbocycles. The van der Waals surface area contributed by atoms with Gasteiger partial charge in [0.05, 0.1) is 10.7 Å². The van der Waals surface area contributed by atoms with Crippen molar-refractivity contribution in [3.05, 3.63) is 10.7 Å². The molecule has 0 saturated heterocycles. The van der Waals surface area contributed by atoms with E-state index in [4.69, 9.17) is 0 Å². The van der Waals surface area contributed by atoms with Gasteiger partial charge in [-0.15, -0.1) is 11.3 Å². The number of carbonyl (C=O) groups excluding carboxylic acids is 1. The highest BCUT2D eigenvalue weighted by molar-refractivity contribution is 7.16.